The second kappa shape index (κ2) is 7.25. The van der Waals surface area contributed by atoms with Gasteiger partial charge in [-0.1, -0.05) is 12.5 Å². The van der Waals surface area contributed by atoms with Gasteiger partial charge >= 0.3 is 0 Å². The lowest BCUT2D eigenvalue weighted by molar-refractivity contribution is -0.120. The van der Waals surface area contributed by atoms with Gasteiger partial charge in [0, 0.05) is 12.2 Å². The summed E-state index contributed by atoms with van der Waals surface area (Å²) >= 11 is 0. The van der Waals surface area contributed by atoms with E-state index in [0.717, 1.165) is 42.6 Å². The predicted molar refractivity (Wildman–Crippen MR) is 90.0 cm³/mol. The fraction of sp³-hybridized carbons (Fsp3) is 0.611. The SMILES string of the molecule is Cc1cc(C)cc(NC(=O)C(C)N(C)CC2CCCC2O)c1. The lowest BCUT2D eigenvalue weighted by Gasteiger charge is -2.28. The normalized spacial score (nSPS) is 22.8. The highest BCUT2D eigenvalue weighted by molar-refractivity contribution is 5.94. The summed E-state index contributed by atoms with van der Waals surface area (Å²) < 4.78 is 0. The fourth-order valence-corrected chi connectivity index (χ4v) is 3.25. The highest BCUT2D eigenvalue weighted by Gasteiger charge is 2.28. The molecule has 1 aliphatic rings. The summed E-state index contributed by atoms with van der Waals surface area (Å²) in [5.41, 5.74) is 3.14. The van der Waals surface area contributed by atoms with Crippen molar-refractivity contribution in [3.63, 3.8) is 0 Å². The van der Waals surface area contributed by atoms with E-state index < -0.39 is 0 Å². The Morgan fingerprint density at radius 2 is 1.95 bits per heavy atom. The highest BCUT2D eigenvalue weighted by atomic mass is 16.3. The molecule has 1 aromatic rings. The Labute approximate surface area is 133 Å². The molecule has 122 valence electrons. The monoisotopic (exact) mass is 304 g/mol. The number of hydrogen-bond acceptors (Lipinski definition) is 3. The van der Waals surface area contributed by atoms with Crippen LogP contribution in [0.4, 0.5) is 5.69 Å². The number of likely N-dealkylation sites (N-methyl/N-ethyl adjacent to an activating group) is 1. The topological polar surface area (TPSA) is 52.6 Å². The first-order valence-electron chi connectivity index (χ1n) is 8.14. The second-order valence-electron chi connectivity index (χ2n) is 6.74. The molecular weight excluding hydrogens is 276 g/mol. The van der Waals surface area contributed by atoms with Crippen molar-refractivity contribution in [2.24, 2.45) is 5.92 Å². The Kier molecular flexibility index (Phi) is 5.59. The number of benzene rings is 1. The van der Waals surface area contributed by atoms with Gasteiger partial charge in [0.25, 0.3) is 0 Å². The molecule has 0 saturated heterocycles. The van der Waals surface area contributed by atoms with Crippen LogP contribution in [0.3, 0.4) is 0 Å². The molecule has 22 heavy (non-hydrogen) atoms. The number of aryl methyl sites for hydroxylation is 2. The maximum atomic E-state index is 12.4. The average Bonchev–Trinajstić information content (AvgIpc) is 2.82. The summed E-state index contributed by atoms with van der Waals surface area (Å²) in [4.78, 5) is 14.5. The lowest BCUT2D eigenvalue weighted by Crippen LogP contribution is -2.43. The molecule has 1 aliphatic carbocycles. The van der Waals surface area contributed by atoms with Crippen LogP contribution >= 0.6 is 0 Å². The number of rotatable bonds is 5. The number of carbonyl (C=O) groups is 1. The highest BCUT2D eigenvalue weighted by Crippen LogP contribution is 2.26. The summed E-state index contributed by atoms with van der Waals surface area (Å²) in [5.74, 6) is 0.293. The number of nitrogens with zero attached hydrogens (tertiary/aromatic N) is 1. The third kappa shape index (κ3) is 4.31. The van der Waals surface area contributed by atoms with Crippen molar-refractivity contribution in [1.29, 1.82) is 0 Å². The number of nitrogens with one attached hydrogen (secondary N) is 1. The molecule has 1 aromatic carbocycles. The van der Waals surface area contributed by atoms with Gasteiger partial charge in [-0.25, -0.2) is 0 Å². The number of amides is 1. The lowest BCUT2D eigenvalue weighted by atomic mass is 10.0. The second-order valence-corrected chi connectivity index (χ2v) is 6.74. The predicted octanol–water partition coefficient (Wildman–Crippen LogP) is 2.72. The smallest absolute Gasteiger partial charge is 0.241 e. The zero-order valence-corrected chi connectivity index (χ0v) is 14.1. The molecule has 1 fully saturated rings. The molecule has 0 bridgehead atoms. The molecule has 3 unspecified atom stereocenters. The number of hydrogen-bond donors (Lipinski definition) is 2. The number of aliphatic hydroxyl groups is 1. The third-order valence-corrected chi connectivity index (χ3v) is 4.67. The van der Waals surface area contributed by atoms with Crippen LogP contribution in [-0.4, -0.2) is 41.7 Å². The van der Waals surface area contributed by atoms with Gasteiger partial charge < -0.3 is 10.4 Å². The van der Waals surface area contributed by atoms with E-state index in [1.54, 1.807) is 0 Å². The number of carbonyl (C=O) groups excluding carboxylic acids is 1. The maximum absolute atomic E-state index is 12.4. The van der Waals surface area contributed by atoms with E-state index in [1.807, 2.05) is 44.9 Å². The van der Waals surface area contributed by atoms with E-state index >= 15 is 0 Å². The molecule has 0 radical (unpaired) electrons. The van der Waals surface area contributed by atoms with Crippen molar-refractivity contribution in [3.05, 3.63) is 29.3 Å². The molecule has 2 rings (SSSR count). The van der Waals surface area contributed by atoms with Crippen molar-refractivity contribution < 1.29 is 9.90 Å². The van der Waals surface area contributed by atoms with Gasteiger partial charge in [0.2, 0.25) is 5.91 Å². The molecular formula is C18H28N2O2. The molecule has 1 amide bonds. The minimum atomic E-state index is -0.214. The van der Waals surface area contributed by atoms with Crippen LogP contribution in [0, 0.1) is 19.8 Å². The Hall–Kier alpha value is -1.39. The van der Waals surface area contributed by atoms with Crippen molar-refractivity contribution >= 4 is 11.6 Å². The van der Waals surface area contributed by atoms with Gasteiger partial charge in [0.15, 0.2) is 0 Å². The van der Waals surface area contributed by atoms with Gasteiger partial charge in [-0.3, -0.25) is 9.69 Å². The Bertz CT molecular complexity index is 510. The Morgan fingerprint density at radius 3 is 2.50 bits per heavy atom. The summed E-state index contributed by atoms with van der Waals surface area (Å²) in [6.45, 7) is 6.74. The van der Waals surface area contributed by atoms with Gasteiger partial charge in [-0.2, -0.15) is 0 Å². The van der Waals surface area contributed by atoms with Crippen LogP contribution in [0.15, 0.2) is 18.2 Å². The molecule has 0 heterocycles. The van der Waals surface area contributed by atoms with E-state index in [4.69, 9.17) is 0 Å². The van der Waals surface area contributed by atoms with Gasteiger partial charge in [-0.05, 0) is 69.8 Å². The molecule has 2 N–H and O–H groups in total. The molecule has 3 atom stereocenters. The zero-order valence-electron chi connectivity index (χ0n) is 14.1. The first kappa shape index (κ1) is 17.0. The quantitative estimate of drug-likeness (QED) is 0.879. The van der Waals surface area contributed by atoms with Crippen LogP contribution in [0.25, 0.3) is 0 Å². The minimum Gasteiger partial charge on any atom is -0.393 e. The Morgan fingerprint density at radius 1 is 1.32 bits per heavy atom. The summed E-state index contributed by atoms with van der Waals surface area (Å²) in [5, 5.41) is 12.9. The van der Waals surface area contributed by atoms with E-state index in [1.165, 1.54) is 0 Å². The van der Waals surface area contributed by atoms with Gasteiger partial charge in [-0.15, -0.1) is 0 Å². The van der Waals surface area contributed by atoms with Gasteiger partial charge in [0.1, 0.15) is 0 Å². The first-order valence-corrected chi connectivity index (χ1v) is 8.14. The molecule has 4 heteroatoms. The van der Waals surface area contributed by atoms with Crippen molar-refractivity contribution in [1.82, 2.24) is 4.90 Å². The average molecular weight is 304 g/mol. The molecule has 4 nitrogen and oxygen atoms in total. The summed E-state index contributed by atoms with van der Waals surface area (Å²) in [6, 6.07) is 5.84. The van der Waals surface area contributed by atoms with Gasteiger partial charge in [0.05, 0.1) is 12.1 Å². The standard InChI is InChI=1S/C18H28N2O2/c1-12-8-13(2)10-16(9-12)19-18(22)14(3)20(4)11-15-6-5-7-17(15)21/h8-10,14-15,17,21H,5-7,11H2,1-4H3,(H,19,22). The van der Waals surface area contributed by atoms with Crippen molar-refractivity contribution in [2.75, 3.05) is 18.9 Å². The first-order chi connectivity index (χ1) is 10.4. The van der Waals surface area contributed by atoms with E-state index in [0.29, 0.717) is 5.92 Å². The van der Waals surface area contributed by atoms with Crippen LogP contribution in [0.1, 0.15) is 37.3 Å². The van der Waals surface area contributed by atoms with Crippen LogP contribution in [0.5, 0.6) is 0 Å². The Balaban J connectivity index is 1.93. The largest absolute Gasteiger partial charge is 0.393 e. The van der Waals surface area contributed by atoms with Crippen molar-refractivity contribution in [2.45, 2.75) is 52.2 Å². The molecule has 0 spiro atoms. The minimum absolute atomic E-state index is 0.0000123. The third-order valence-electron chi connectivity index (χ3n) is 4.67. The summed E-state index contributed by atoms with van der Waals surface area (Å²) in [7, 11) is 1.96. The molecule has 0 aliphatic heterocycles. The maximum Gasteiger partial charge on any atom is 0.241 e. The zero-order chi connectivity index (χ0) is 16.3. The molecule has 1 saturated carbocycles. The van der Waals surface area contributed by atoms with Crippen LogP contribution in [0.2, 0.25) is 0 Å². The van der Waals surface area contributed by atoms with E-state index in [2.05, 4.69) is 11.4 Å². The van der Waals surface area contributed by atoms with Crippen LogP contribution in [-0.2, 0) is 4.79 Å². The van der Waals surface area contributed by atoms with Crippen molar-refractivity contribution in [3.8, 4) is 0 Å². The van der Waals surface area contributed by atoms with Crippen LogP contribution < -0.4 is 5.32 Å². The molecule has 0 aromatic heterocycles. The fourth-order valence-electron chi connectivity index (χ4n) is 3.25. The van der Waals surface area contributed by atoms with E-state index in [9.17, 15) is 9.90 Å². The van der Waals surface area contributed by atoms with E-state index in [-0.39, 0.29) is 18.1 Å². The number of aliphatic hydroxyl groups excluding tert-OH is 1. The number of anilines is 1. The summed E-state index contributed by atoms with van der Waals surface area (Å²) in [6.07, 6.45) is 2.82.